The Kier molecular flexibility index (Phi) is 3.47. The Morgan fingerprint density at radius 3 is 2.77 bits per heavy atom. The predicted octanol–water partition coefficient (Wildman–Crippen LogP) is 1.99. The highest BCUT2D eigenvalue weighted by Gasteiger charge is 2.18. The van der Waals surface area contributed by atoms with Gasteiger partial charge in [-0.05, 0) is 34.5 Å². The molecule has 1 aromatic heterocycles. The van der Waals surface area contributed by atoms with Crippen molar-refractivity contribution >= 4 is 33.2 Å². The maximum atomic E-state index is 11.1. The number of hydrogen-bond acceptors (Lipinski definition) is 4. The number of methoxy groups -OCH3 is 1. The van der Waals surface area contributed by atoms with Crippen LogP contribution in [0.1, 0.15) is 16.5 Å². The first-order valence-corrected chi connectivity index (χ1v) is 5.26. The fourth-order valence-corrected chi connectivity index (χ4v) is 2.44. The van der Waals surface area contributed by atoms with E-state index in [0.717, 1.165) is 14.2 Å². The molecule has 0 aliphatic heterocycles. The van der Waals surface area contributed by atoms with Gasteiger partial charge >= 0.3 is 5.97 Å². The number of rotatable bonds is 2. The van der Waals surface area contributed by atoms with Gasteiger partial charge in [-0.3, -0.25) is 0 Å². The summed E-state index contributed by atoms with van der Waals surface area (Å²) in [6.07, 6.45) is 0. The minimum Gasteiger partial charge on any atom is -0.468 e. The molecule has 0 aliphatic carbocycles. The van der Waals surface area contributed by atoms with Gasteiger partial charge in [-0.1, -0.05) is 0 Å². The SMILES string of the molecule is COC(=O)C(N)c1cc(C)c(Br)s1. The van der Waals surface area contributed by atoms with Crippen molar-refractivity contribution in [3.05, 3.63) is 20.3 Å². The lowest BCUT2D eigenvalue weighted by molar-refractivity contribution is -0.142. The number of carbonyl (C=O) groups is 1. The molecule has 0 fully saturated rings. The Morgan fingerprint density at radius 1 is 1.77 bits per heavy atom. The van der Waals surface area contributed by atoms with Gasteiger partial charge in [0.15, 0.2) is 0 Å². The van der Waals surface area contributed by atoms with Crippen molar-refractivity contribution in [2.24, 2.45) is 5.73 Å². The average molecular weight is 264 g/mol. The second-order valence-corrected chi connectivity index (χ2v) is 5.01. The number of esters is 1. The zero-order chi connectivity index (χ0) is 10.0. The largest absolute Gasteiger partial charge is 0.468 e. The second-order valence-electron chi connectivity index (χ2n) is 2.61. The van der Waals surface area contributed by atoms with Gasteiger partial charge in [0.1, 0.15) is 6.04 Å². The highest BCUT2D eigenvalue weighted by atomic mass is 79.9. The Balaban J connectivity index is 2.89. The van der Waals surface area contributed by atoms with E-state index in [0.29, 0.717) is 0 Å². The molecule has 0 amide bonds. The zero-order valence-corrected chi connectivity index (χ0v) is 9.74. The van der Waals surface area contributed by atoms with E-state index in [9.17, 15) is 4.79 Å². The molecule has 0 aromatic carbocycles. The summed E-state index contributed by atoms with van der Waals surface area (Å²) in [7, 11) is 1.33. The molecular formula is C8H10BrNO2S. The maximum Gasteiger partial charge on any atom is 0.328 e. The van der Waals surface area contributed by atoms with Gasteiger partial charge in [0, 0.05) is 4.88 Å². The van der Waals surface area contributed by atoms with E-state index < -0.39 is 12.0 Å². The third kappa shape index (κ3) is 2.30. The van der Waals surface area contributed by atoms with Crippen LogP contribution in [0.15, 0.2) is 9.85 Å². The molecule has 0 saturated heterocycles. The molecule has 5 heteroatoms. The van der Waals surface area contributed by atoms with Gasteiger partial charge in [0.2, 0.25) is 0 Å². The fraction of sp³-hybridized carbons (Fsp3) is 0.375. The fourth-order valence-electron chi connectivity index (χ4n) is 0.880. The Bertz CT molecular complexity index is 304. The summed E-state index contributed by atoms with van der Waals surface area (Å²) in [5.41, 5.74) is 6.73. The number of carbonyl (C=O) groups excluding carboxylic acids is 1. The van der Waals surface area contributed by atoms with Crippen LogP contribution in [0, 0.1) is 6.92 Å². The lowest BCUT2D eigenvalue weighted by atomic mass is 10.2. The lowest BCUT2D eigenvalue weighted by Gasteiger charge is -2.05. The molecule has 1 atom stereocenters. The third-order valence-electron chi connectivity index (χ3n) is 1.64. The quantitative estimate of drug-likeness (QED) is 0.831. The lowest BCUT2D eigenvalue weighted by Crippen LogP contribution is -2.21. The van der Waals surface area contributed by atoms with E-state index in [-0.39, 0.29) is 0 Å². The van der Waals surface area contributed by atoms with Gasteiger partial charge in [-0.25, -0.2) is 4.79 Å². The van der Waals surface area contributed by atoms with E-state index in [1.54, 1.807) is 0 Å². The monoisotopic (exact) mass is 263 g/mol. The van der Waals surface area contributed by atoms with E-state index in [1.165, 1.54) is 18.4 Å². The standard InChI is InChI=1S/C8H10BrNO2S/c1-4-3-5(13-7(4)9)6(10)8(11)12-2/h3,6H,10H2,1-2H3. The number of thiophene rings is 1. The predicted molar refractivity (Wildman–Crippen MR) is 55.7 cm³/mol. The summed E-state index contributed by atoms with van der Waals surface area (Å²) in [6.45, 7) is 1.95. The topological polar surface area (TPSA) is 52.3 Å². The third-order valence-corrected chi connectivity index (χ3v) is 3.86. The molecule has 0 radical (unpaired) electrons. The van der Waals surface area contributed by atoms with E-state index in [2.05, 4.69) is 20.7 Å². The molecule has 0 aliphatic rings. The molecule has 0 saturated carbocycles. The van der Waals surface area contributed by atoms with Crippen LogP contribution >= 0.6 is 27.3 Å². The number of nitrogens with two attached hydrogens (primary N) is 1. The molecule has 13 heavy (non-hydrogen) atoms. The van der Waals surface area contributed by atoms with E-state index >= 15 is 0 Å². The number of hydrogen-bond donors (Lipinski definition) is 1. The van der Waals surface area contributed by atoms with Crippen LogP contribution in [-0.2, 0) is 9.53 Å². The van der Waals surface area contributed by atoms with Crippen molar-refractivity contribution in [1.29, 1.82) is 0 Å². The molecule has 0 spiro atoms. The minimum absolute atomic E-state index is 0.409. The highest BCUT2D eigenvalue weighted by molar-refractivity contribution is 9.11. The van der Waals surface area contributed by atoms with Crippen LogP contribution in [0.2, 0.25) is 0 Å². The first-order valence-electron chi connectivity index (χ1n) is 3.65. The van der Waals surface area contributed by atoms with Crippen molar-refractivity contribution in [3.63, 3.8) is 0 Å². The van der Waals surface area contributed by atoms with Crippen LogP contribution in [0.25, 0.3) is 0 Å². The summed E-state index contributed by atoms with van der Waals surface area (Å²) in [6, 6.07) is 1.22. The number of ether oxygens (including phenoxy) is 1. The minimum atomic E-state index is -0.667. The molecule has 1 rings (SSSR count). The summed E-state index contributed by atoms with van der Waals surface area (Å²) < 4.78 is 5.54. The highest BCUT2D eigenvalue weighted by Crippen LogP contribution is 2.30. The molecular weight excluding hydrogens is 254 g/mol. The van der Waals surface area contributed by atoms with Crippen LogP contribution < -0.4 is 5.73 Å². The summed E-state index contributed by atoms with van der Waals surface area (Å²) in [5, 5.41) is 0. The molecule has 1 unspecified atom stereocenters. The van der Waals surface area contributed by atoms with Crippen molar-refractivity contribution in [1.82, 2.24) is 0 Å². The number of halogens is 1. The van der Waals surface area contributed by atoms with Crippen molar-refractivity contribution in [3.8, 4) is 0 Å². The van der Waals surface area contributed by atoms with Crippen LogP contribution in [-0.4, -0.2) is 13.1 Å². The molecule has 1 heterocycles. The summed E-state index contributed by atoms with van der Waals surface area (Å²) in [4.78, 5) is 11.9. The molecule has 1 aromatic rings. The zero-order valence-electron chi connectivity index (χ0n) is 7.33. The normalized spacial score (nSPS) is 12.6. The summed E-state index contributed by atoms with van der Waals surface area (Å²) in [5.74, 6) is -0.409. The van der Waals surface area contributed by atoms with Gasteiger partial charge in [-0.2, -0.15) is 0 Å². The second kappa shape index (κ2) is 4.21. The Hall–Kier alpha value is -0.390. The van der Waals surface area contributed by atoms with Crippen molar-refractivity contribution in [2.45, 2.75) is 13.0 Å². The van der Waals surface area contributed by atoms with Crippen LogP contribution in [0.3, 0.4) is 0 Å². The number of aryl methyl sites for hydroxylation is 1. The first-order chi connectivity index (χ1) is 6.06. The van der Waals surface area contributed by atoms with Gasteiger partial charge in [-0.15, -0.1) is 11.3 Å². The smallest absolute Gasteiger partial charge is 0.328 e. The molecule has 72 valence electrons. The first kappa shape index (κ1) is 10.7. The Morgan fingerprint density at radius 2 is 2.38 bits per heavy atom. The van der Waals surface area contributed by atoms with Gasteiger partial charge < -0.3 is 10.5 Å². The van der Waals surface area contributed by atoms with E-state index in [1.807, 2.05) is 13.0 Å². The van der Waals surface area contributed by atoms with Gasteiger partial charge in [0.25, 0.3) is 0 Å². The van der Waals surface area contributed by atoms with Gasteiger partial charge in [0.05, 0.1) is 10.9 Å². The van der Waals surface area contributed by atoms with Crippen molar-refractivity contribution < 1.29 is 9.53 Å². The molecule has 3 nitrogen and oxygen atoms in total. The summed E-state index contributed by atoms with van der Waals surface area (Å²) >= 11 is 4.82. The Labute approximate surface area is 89.0 Å². The molecule has 2 N–H and O–H groups in total. The van der Waals surface area contributed by atoms with Crippen LogP contribution in [0.4, 0.5) is 0 Å². The maximum absolute atomic E-state index is 11.1. The van der Waals surface area contributed by atoms with Crippen LogP contribution in [0.5, 0.6) is 0 Å². The molecule has 0 bridgehead atoms. The van der Waals surface area contributed by atoms with Crippen molar-refractivity contribution in [2.75, 3.05) is 7.11 Å². The van der Waals surface area contributed by atoms with E-state index in [4.69, 9.17) is 5.73 Å². The average Bonchev–Trinajstić information content (AvgIpc) is 2.44.